The van der Waals surface area contributed by atoms with Crippen molar-refractivity contribution in [2.24, 2.45) is 5.92 Å². The minimum Gasteiger partial charge on any atom is -0.493 e. The summed E-state index contributed by atoms with van der Waals surface area (Å²) in [6.45, 7) is 7.34. The van der Waals surface area contributed by atoms with Crippen molar-refractivity contribution in [1.82, 2.24) is 14.7 Å². The molecule has 2 aliphatic heterocycles. The van der Waals surface area contributed by atoms with E-state index in [2.05, 4.69) is 25.8 Å². The molecular formula is C22H33N3O4S. The molecule has 166 valence electrons. The lowest BCUT2D eigenvalue weighted by Gasteiger charge is -2.39. The van der Waals surface area contributed by atoms with Gasteiger partial charge in [0, 0.05) is 26.2 Å². The maximum atomic E-state index is 13.5. The summed E-state index contributed by atoms with van der Waals surface area (Å²) < 4.78 is 10.8. The zero-order chi connectivity index (χ0) is 21.8. The van der Waals surface area contributed by atoms with E-state index in [0.717, 1.165) is 18.7 Å². The Balaban J connectivity index is 1.90. The van der Waals surface area contributed by atoms with E-state index in [4.69, 9.17) is 9.47 Å². The Hall–Kier alpha value is -1.93. The van der Waals surface area contributed by atoms with Crippen LogP contribution in [-0.4, -0.2) is 85.8 Å². The number of thioether (sulfide) groups is 1. The summed E-state index contributed by atoms with van der Waals surface area (Å²) in [6, 6.07) is 5.27. The fourth-order valence-electron chi connectivity index (χ4n) is 4.05. The molecule has 2 fully saturated rings. The summed E-state index contributed by atoms with van der Waals surface area (Å²) in [5.41, 5.74) is 0.948. The highest BCUT2D eigenvalue weighted by Crippen LogP contribution is 2.43. The Morgan fingerprint density at radius 3 is 2.40 bits per heavy atom. The second-order valence-corrected chi connectivity index (χ2v) is 9.42. The predicted molar refractivity (Wildman–Crippen MR) is 119 cm³/mol. The highest BCUT2D eigenvalue weighted by Gasteiger charge is 2.42. The Morgan fingerprint density at radius 2 is 1.80 bits per heavy atom. The largest absolute Gasteiger partial charge is 0.493 e. The molecular weight excluding hydrogens is 402 g/mol. The number of carbonyl (C=O) groups excluding carboxylic acids is 2. The Labute approximate surface area is 183 Å². The monoisotopic (exact) mass is 435 g/mol. The van der Waals surface area contributed by atoms with Gasteiger partial charge in [-0.1, -0.05) is 19.9 Å². The fraction of sp³-hybridized carbons (Fsp3) is 0.636. The molecule has 0 N–H and O–H groups in total. The van der Waals surface area contributed by atoms with Gasteiger partial charge >= 0.3 is 0 Å². The molecule has 1 aromatic rings. The van der Waals surface area contributed by atoms with E-state index < -0.39 is 6.04 Å². The number of nitrogens with zero attached hydrogens (tertiary/aromatic N) is 3. The quantitative estimate of drug-likeness (QED) is 0.656. The first-order valence-electron chi connectivity index (χ1n) is 10.5. The molecule has 2 unspecified atom stereocenters. The van der Waals surface area contributed by atoms with Crippen molar-refractivity contribution in [3.8, 4) is 11.5 Å². The van der Waals surface area contributed by atoms with Crippen LogP contribution < -0.4 is 9.47 Å². The van der Waals surface area contributed by atoms with Crippen molar-refractivity contribution in [3.05, 3.63) is 23.8 Å². The molecule has 0 bridgehead atoms. The molecule has 0 aromatic heterocycles. The van der Waals surface area contributed by atoms with Crippen molar-refractivity contribution >= 4 is 23.6 Å². The van der Waals surface area contributed by atoms with Gasteiger partial charge in [0.2, 0.25) is 11.8 Å². The van der Waals surface area contributed by atoms with E-state index in [1.165, 1.54) is 0 Å². The first-order valence-corrected chi connectivity index (χ1v) is 11.5. The van der Waals surface area contributed by atoms with Gasteiger partial charge in [0.15, 0.2) is 11.5 Å². The molecule has 3 rings (SSSR count). The van der Waals surface area contributed by atoms with E-state index >= 15 is 0 Å². The van der Waals surface area contributed by atoms with E-state index in [0.29, 0.717) is 42.7 Å². The number of methoxy groups -OCH3 is 2. The van der Waals surface area contributed by atoms with Gasteiger partial charge in [-0.3, -0.25) is 9.59 Å². The SMILES string of the molecule is COc1ccc(C2SCC(=O)N2C(CC(C)C)C(=O)N2CCN(C)CC2)cc1OC. The Morgan fingerprint density at radius 1 is 1.13 bits per heavy atom. The van der Waals surface area contributed by atoms with Crippen LogP contribution in [0.15, 0.2) is 18.2 Å². The third-order valence-corrected chi connectivity index (χ3v) is 6.96. The molecule has 2 amide bonds. The number of hydrogen-bond donors (Lipinski definition) is 0. The highest BCUT2D eigenvalue weighted by atomic mass is 32.2. The number of hydrogen-bond acceptors (Lipinski definition) is 6. The van der Waals surface area contributed by atoms with Gasteiger partial charge in [0.05, 0.1) is 20.0 Å². The van der Waals surface area contributed by atoms with Gasteiger partial charge in [0.25, 0.3) is 0 Å². The van der Waals surface area contributed by atoms with Crippen molar-refractivity contribution in [2.75, 3.05) is 53.2 Å². The fourth-order valence-corrected chi connectivity index (χ4v) is 5.27. The molecule has 8 heteroatoms. The summed E-state index contributed by atoms with van der Waals surface area (Å²) in [5.74, 6) is 2.04. The molecule has 2 aliphatic rings. The van der Waals surface area contributed by atoms with Crippen molar-refractivity contribution in [3.63, 3.8) is 0 Å². The maximum Gasteiger partial charge on any atom is 0.245 e. The summed E-state index contributed by atoms with van der Waals surface area (Å²) in [6.07, 6.45) is 0.654. The van der Waals surface area contributed by atoms with Gasteiger partial charge in [-0.2, -0.15) is 0 Å². The van der Waals surface area contributed by atoms with Crippen LogP contribution in [0.4, 0.5) is 0 Å². The van der Waals surface area contributed by atoms with Crippen LogP contribution in [0.1, 0.15) is 31.2 Å². The van der Waals surface area contributed by atoms with Crippen LogP contribution in [0.25, 0.3) is 0 Å². The second-order valence-electron chi connectivity index (χ2n) is 8.35. The third-order valence-electron chi connectivity index (χ3n) is 5.73. The molecule has 7 nitrogen and oxygen atoms in total. The molecule has 0 spiro atoms. The van der Waals surface area contributed by atoms with Gasteiger partial charge in [0.1, 0.15) is 11.4 Å². The first kappa shape index (κ1) is 22.7. The van der Waals surface area contributed by atoms with Crippen LogP contribution in [-0.2, 0) is 9.59 Å². The average molecular weight is 436 g/mol. The molecule has 0 radical (unpaired) electrons. The van der Waals surface area contributed by atoms with Crippen molar-refractivity contribution < 1.29 is 19.1 Å². The minimum absolute atomic E-state index is 0.0212. The summed E-state index contributed by atoms with van der Waals surface area (Å²) >= 11 is 1.57. The zero-order valence-electron chi connectivity index (χ0n) is 18.6. The van der Waals surface area contributed by atoms with Crippen LogP contribution >= 0.6 is 11.8 Å². The van der Waals surface area contributed by atoms with Crippen LogP contribution in [0.2, 0.25) is 0 Å². The molecule has 2 saturated heterocycles. The van der Waals surface area contributed by atoms with E-state index in [1.54, 1.807) is 26.0 Å². The first-order chi connectivity index (χ1) is 14.3. The normalized spacial score (nSPS) is 21.3. The van der Waals surface area contributed by atoms with E-state index in [9.17, 15) is 9.59 Å². The average Bonchev–Trinajstić information content (AvgIpc) is 3.12. The molecule has 1 aromatic carbocycles. The second kappa shape index (κ2) is 9.92. The molecule has 0 saturated carbocycles. The Kier molecular flexibility index (Phi) is 7.52. The predicted octanol–water partition coefficient (Wildman–Crippen LogP) is 2.47. The number of amides is 2. The lowest BCUT2D eigenvalue weighted by Crippen LogP contribution is -2.55. The third kappa shape index (κ3) is 4.86. The van der Waals surface area contributed by atoms with Crippen LogP contribution in [0.5, 0.6) is 11.5 Å². The molecule has 2 atom stereocenters. The van der Waals surface area contributed by atoms with Crippen LogP contribution in [0.3, 0.4) is 0 Å². The van der Waals surface area contributed by atoms with E-state index in [1.807, 2.05) is 28.0 Å². The lowest BCUT2D eigenvalue weighted by molar-refractivity contribution is -0.146. The van der Waals surface area contributed by atoms with Gasteiger partial charge in [-0.05, 0) is 37.1 Å². The summed E-state index contributed by atoms with van der Waals surface area (Å²) in [7, 11) is 5.27. The number of carbonyl (C=O) groups is 2. The Bertz CT molecular complexity index is 765. The minimum atomic E-state index is -0.450. The van der Waals surface area contributed by atoms with Crippen molar-refractivity contribution in [1.29, 1.82) is 0 Å². The smallest absolute Gasteiger partial charge is 0.245 e. The van der Waals surface area contributed by atoms with Gasteiger partial charge in [-0.25, -0.2) is 0 Å². The lowest BCUT2D eigenvalue weighted by atomic mass is 9.99. The number of ether oxygens (including phenoxy) is 2. The number of rotatable bonds is 7. The van der Waals surface area contributed by atoms with Crippen LogP contribution in [0, 0.1) is 5.92 Å². The zero-order valence-corrected chi connectivity index (χ0v) is 19.4. The number of likely N-dealkylation sites (N-methyl/N-ethyl adjacent to an activating group) is 1. The maximum absolute atomic E-state index is 13.5. The van der Waals surface area contributed by atoms with Gasteiger partial charge < -0.3 is 24.2 Å². The standard InChI is InChI=1S/C22H33N3O4S/c1-15(2)12-17(21(27)24-10-8-23(3)9-11-24)25-20(26)14-30-22(25)16-6-7-18(28-4)19(13-16)29-5/h6-7,13,15,17,22H,8-12,14H2,1-5H3. The summed E-state index contributed by atoms with van der Waals surface area (Å²) in [4.78, 5) is 32.5. The van der Waals surface area contributed by atoms with Crippen molar-refractivity contribution in [2.45, 2.75) is 31.7 Å². The topological polar surface area (TPSA) is 62.3 Å². The number of piperazine rings is 1. The summed E-state index contributed by atoms with van der Waals surface area (Å²) in [5, 5.41) is -0.211. The molecule has 0 aliphatic carbocycles. The molecule has 2 heterocycles. The van der Waals surface area contributed by atoms with E-state index in [-0.39, 0.29) is 17.2 Å². The number of benzene rings is 1. The van der Waals surface area contributed by atoms with Gasteiger partial charge in [-0.15, -0.1) is 11.8 Å². The highest BCUT2D eigenvalue weighted by molar-refractivity contribution is 8.00. The molecule has 30 heavy (non-hydrogen) atoms.